The number of hydrogen-bond acceptors (Lipinski definition) is 5. The van der Waals surface area contributed by atoms with Gasteiger partial charge in [0.1, 0.15) is 5.52 Å². The second-order valence-corrected chi connectivity index (χ2v) is 5.41. The summed E-state index contributed by atoms with van der Waals surface area (Å²) in [6, 6.07) is 0. The molecule has 6 heteroatoms. The number of imidazole rings is 1. The van der Waals surface area contributed by atoms with Crippen LogP contribution in [0.2, 0.25) is 0 Å². The third-order valence-electron chi connectivity index (χ3n) is 3.17. The molecule has 1 atom stereocenters. The van der Waals surface area contributed by atoms with Crippen molar-refractivity contribution in [2.75, 3.05) is 12.3 Å². The highest BCUT2D eigenvalue weighted by Gasteiger charge is 2.15. The number of nitrogens with two attached hydrogens (primary N) is 1. The Hall–Kier alpha value is -1.69. The van der Waals surface area contributed by atoms with E-state index in [1.165, 1.54) is 0 Å². The summed E-state index contributed by atoms with van der Waals surface area (Å²) in [5.41, 5.74) is 7.98. The summed E-state index contributed by atoms with van der Waals surface area (Å²) < 4.78 is 1.95. The van der Waals surface area contributed by atoms with E-state index in [4.69, 9.17) is 5.73 Å². The first kappa shape index (κ1) is 13.7. The first-order chi connectivity index (χ1) is 9.01. The highest BCUT2D eigenvalue weighted by Crippen LogP contribution is 2.18. The van der Waals surface area contributed by atoms with Gasteiger partial charge in [0.15, 0.2) is 5.65 Å². The van der Waals surface area contributed by atoms with Gasteiger partial charge in [-0.1, -0.05) is 13.8 Å². The van der Waals surface area contributed by atoms with E-state index in [0.29, 0.717) is 12.5 Å². The fourth-order valence-electron chi connectivity index (χ4n) is 2.39. The zero-order valence-corrected chi connectivity index (χ0v) is 11.7. The first-order valence-corrected chi connectivity index (χ1v) is 6.57. The molecular formula is C13H21N5O. The van der Waals surface area contributed by atoms with Crippen LogP contribution < -0.4 is 5.73 Å². The standard InChI is InChI=1S/C13H21N5O/c1-8(2)4-10(6-19)5-18-7-15-11-9(3)16-13(14)17-12(11)18/h7-8,10,19H,4-6H2,1-3H3,(H2,14,16,17). The Kier molecular flexibility index (Phi) is 3.99. The maximum absolute atomic E-state index is 9.46. The molecule has 2 aromatic rings. The maximum Gasteiger partial charge on any atom is 0.222 e. The Balaban J connectivity index is 2.30. The van der Waals surface area contributed by atoms with Crippen LogP contribution in [0, 0.1) is 18.8 Å². The number of rotatable bonds is 5. The smallest absolute Gasteiger partial charge is 0.222 e. The van der Waals surface area contributed by atoms with Crippen molar-refractivity contribution in [3.63, 3.8) is 0 Å². The topological polar surface area (TPSA) is 89.9 Å². The van der Waals surface area contributed by atoms with E-state index in [0.717, 1.165) is 23.3 Å². The summed E-state index contributed by atoms with van der Waals surface area (Å²) in [4.78, 5) is 12.7. The zero-order chi connectivity index (χ0) is 14.0. The Morgan fingerprint density at radius 3 is 2.74 bits per heavy atom. The van der Waals surface area contributed by atoms with Crippen molar-refractivity contribution in [1.29, 1.82) is 0 Å². The van der Waals surface area contributed by atoms with Gasteiger partial charge in [-0.3, -0.25) is 0 Å². The number of nitrogens with zero attached hydrogens (tertiary/aromatic N) is 4. The molecule has 0 saturated heterocycles. The Morgan fingerprint density at radius 2 is 2.11 bits per heavy atom. The normalized spacial score (nSPS) is 13.3. The molecule has 0 bridgehead atoms. The monoisotopic (exact) mass is 263 g/mol. The van der Waals surface area contributed by atoms with E-state index in [-0.39, 0.29) is 18.5 Å². The molecule has 2 heterocycles. The number of aliphatic hydroxyl groups is 1. The van der Waals surface area contributed by atoms with Gasteiger partial charge in [0.2, 0.25) is 5.95 Å². The van der Waals surface area contributed by atoms with Gasteiger partial charge in [0, 0.05) is 19.1 Å². The molecule has 0 aromatic carbocycles. The van der Waals surface area contributed by atoms with Crippen molar-refractivity contribution in [2.24, 2.45) is 11.8 Å². The second-order valence-electron chi connectivity index (χ2n) is 5.41. The summed E-state index contributed by atoms with van der Waals surface area (Å²) in [6.45, 7) is 7.03. The van der Waals surface area contributed by atoms with Gasteiger partial charge in [-0.2, -0.15) is 4.98 Å². The Bertz CT molecular complexity index is 563. The van der Waals surface area contributed by atoms with Gasteiger partial charge in [-0.05, 0) is 19.3 Å². The Morgan fingerprint density at radius 1 is 1.37 bits per heavy atom. The van der Waals surface area contributed by atoms with Crippen molar-refractivity contribution in [1.82, 2.24) is 19.5 Å². The number of fused-ring (bicyclic) bond motifs is 1. The lowest BCUT2D eigenvalue weighted by Crippen LogP contribution is -2.17. The molecule has 0 aliphatic rings. The number of hydrogen-bond donors (Lipinski definition) is 2. The number of aromatic nitrogens is 4. The van der Waals surface area contributed by atoms with Crippen LogP contribution in [0.25, 0.3) is 11.2 Å². The van der Waals surface area contributed by atoms with Crippen LogP contribution in [0.4, 0.5) is 5.95 Å². The van der Waals surface area contributed by atoms with Crippen LogP contribution in [-0.4, -0.2) is 31.2 Å². The molecule has 1 unspecified atom stereocenters. The molecular weight excluding hydrogens is 242 g/mol. The highest BCUT2D eigenvalue weighted by molar-refractivity contribution is 5.74. The van der Waals surface area contributed by atoms with Crippen LogP contribution >= 0.6 is 0 Å². The van der Waals surface area contributed by atoms with E-state index in [1.54, 1.807) is 6.33 Å². The minimum absolute atomic E-state index is 0.164. The molecule has 6 nitrogen and oxygen atoms in total. The summed E-state index contributed by atoms with van der Waals surface area (Å²) >= 11 is 0. The minimum Gasteiger partial charge on any atom is -0.396 e. The van der Waals surface area contributed by atoms with Crippen molar-refractivity contribution in [3.05, 3.63) is 12.0 Å². The molecule has 2 aromatic heterocycles. The molecule has 0 radical (unpaired) electrons. The summed E-state index contributed by atoms with van der Waals surface area (Å²) in [7, 11) is 0. The van der Waals surface area contributed by atoms with Crippen LogP contribution in [0.3, 0.4) is 0 Å². The average Bonchev–Trinajstić information content (AvgIpc) is 2.71. The highest BCUT2D eigenvalue weighted by atomic mass is 16.3. The molecule has 3 N–H and O–H groups in total. The first-order valence-electron chi connectivity index (χ1n) is 6.57. The van der Waals surface area contributed by atoms with Crippen molar-refractivity contribution in [2.45, 2.75) is 33.7 Å². The SMILES string of the molecule is Cc1nc(N)nc2c1ncn2CC(CO)CC(C)C. The van der Waals surface area contributed by atoms with E-state index in [2.05, 4.69) is 28.8 Å². The van der Waals surface area contributed by atoms with E-state index >= 15 is 0 Å². The van der Waals surface area contributed by atoms with Crippen molar-refractivity contribution >= 4 is 17.1 Å². The van der Waals surface area contributed by atoms with Gasteiger partial charge >= 0.3 is 0 Å². The van der Waals surface area contributed by atoms with E-state index in [9.17, 15) is 5.11 Å². The van der Waals surface area contributed by atoms with Crippen LogP contribution in [-0.2, 0) is 6.54 Å². The number of aryl methyl sites for hydroxylation is 1. The summed E-state index contributed by atoms with van der Waals surface area (Å²) in [5, 5.41) is 9.46. The second kappa shape index (κ2) is 5.52. The third kappa shape index (κ3) is 3.01. The molecule has 0 aliphatic heterocycles. The lowest BCUT2D eigenvalue weighted by molar-refractivity contribution is 0.191. The molecule has 0 spiro atoms. The lowest BCUT2D eigenvalue weighted by atomic mass is 9.98. The lowest BCUT2D eigenvalue weighted by Gasteiger charge is -2.17. The van der Waals surface area contributed by atoms with Crippen LogP contribution in [0.15, 0.2) is 6.33 Å². The quantitative estimate of drug-likeness (QED) is 0.850. The zero-order valence-electron chi connectivity index (χ0n) is 11.7. The number of aliphatic hydroxyl groups excluding tert-OH is 1. The largest absolute Gasteiger partial charge is 0.396 e. The fraction of sp³-hybridized carbons (Fsp3) is 0.615. The molecule has 19 heavy (non-hydrogen) atoms. The molecule has 0 fully saturated rings. The van der Waals surface area contributed by atoms with Gasteiger partial charge in [0.05, 0.1) is 12.0 Å². The van der Waals surface area contributed by atoms with Gasteiger partial charge < -0.3 is 15.4 Å². The fourth-order valence-corrected chi connectivity index (χ4v) is 2.39. The third-order valence-corrected chi connectivity index (χ3v) is 3.17. The number of anilines is 1. The van der Waals surface area contributed by atoms with Crippen molar-refractivity contribution in [3.8, 4) is 0 Å². The maximum atomic E-state index is 9.46. The molecule has 0 aliphatic carbocycles. The molecule has 0 amide bonds. The van der Waals surface area contributed by atoms with Gasteiger partial charge in [0.25, 0.3) is 0 Å². The molecule has 2 rings (SSSR count). The van der Waals surface area contributed by atoms with E-state index in [1.807, 2.05) is 11.5 Å². The van der Waals surface area contributed by atoms with Crippen LogP contribution in [0.1, 0.15) is 26.0 Å². The summed E-state index contributed by atoms with van der Waals surface area (Å²) in [6.07, 6.45) is 2.71. The minimum atomic E-state index is 0.164. The van der Waals surface area contributed by atoms with E-state index < -0.39 is 0 Å². The predicted molar refractivity (Wildman–Crippen MR) is 74.5 cm³/mol. The van der Waals surface area contributed by atoms with Gasteiger partial charge in [-0.15, -0.1) is 0 Å². The van der Waals surface area contributed by atoms with Gasteiger partial charge in [-0.25, -0.2) is 9.97 Å². The van der Waals surface area contributed by atoms with Crippen LogP contribution in [0.5, 0.6) is 0 Å². The predicted octanol–water partition coefficient (Wildman–Crippen LogP) is 1.37. The molecule has 104 valence electrons. The Labute approximate surface area is 112 Å². The number of nitrogen functional groups attached to an aromatic ring is 1. The summed E-state index contributed by atoms with van der Waals surface area (Å²) in [5.74, 6) is 1.01. The molecule has 0 saturated carbocycles. The van der Waals surface area contributed by atoms with Crippen molar-refractivity contribution < 1.29 is 5.11 Å². The average molecular weight is 263 g/mol.